The van der Waals surface area contributed by atoms with Gasteiger partial charge in [0.05, 0.1) is 23.8 Å². The molecular formula is C22H22N4O4S. The highest BCUT2D eigenvalue weighted by Gasteiger charge is 2.31. The fourth-order valence-electron chi connectivity index (χ4n) is 3.38. The number of pyridine rings is 1. The SMILES string of the molecule is COC(=O)c1cc(C)nc2c1c(=O)nc(SCC(=O)N(C)c1ccccc1)n2C1CC1. The Bertz CT molecular complexity index is 1220. The lowest BCUT2D eigenvalue weighted by Crippen LogP contribution is -2.28. The van der Waals surface area contributed by atoms with Crippen LogP contribution in [-0.2, 0) is 9.53 Å². The second-order valence-corrected chi connectivity index (χ2v) is 8.32. The molecule has 0 saturated heterocycles. The van der Waals surface area contributed by atoms with Crippen LogP contribution in [0.25, 0.3) is 11.0 Å². The van der Waals surface area contributed by atoms with Crippen molar-refractivity contribution in [1.29, 1.82) is 0 Å². The van der Waals surface area contributed by atoms with Crippen LogP contribution in [-0.4, -0.2) is 46.3 Å². The predicted molar refractivity (Wildman–Crippen MR) is 119 cm³/mol. The van der Waals surface area contributed by atoms with Crippen LogP contribution in [0.1, 0.15) is 34.9 Å². The van der Waals surface area contributed by atoms with Gasteiger partial charge in [-0.1, -0.05) is 30.0 Å². The Balaban J connectivity index is 1.72. The molecule has 0 radical (unpaired) electrons. The molecule has 0 aliphatic heterocycles. The second-order valence-electron chi connectivity index (χ2n) is 7.38. The molecule has 31 heavy (non-hydrogen) atoms. The van der Waals surface area contributed by atoms with Crippen molar-refractivity contribution in [2.75, 3.05) is 24.8 Å². The van der Waals surface area contributed by atoms with Crippen molar-refractivity contribution in [1.82, 2.24) is 14.5 Å². The van der Waals surface area contributed by atoms with E-state index in [1.165, 1.54) is 18.9 Å². The van der Waals surface area contributed by atoms with Gasteiger partial charge in [-0.3, -0.25) is 9.59 Å². The molecule has 1 saturated carbocycles. The molecule has 8 nitrogen and oxygen atoms in total. The van der Waals surface area contributed by atoms with Gasteiger partial charge < -0.3 is 14.2 Å². The smallest absolute Gasteiger partial charge is 0.338 e. The van der Waals surface area contributed by atoms with Gasteiger partial charge in [-0.05, 0) is 38.0 Å². The van der Waals surface area contributed by atoms with Crippen LogP contribution in [0.5, 0.6) is 0 Å². The third-order valence-corrected chi connectivity index (χ3v) is 6.07. The topological polar surface area (TPSA) is 94.4 Å². The fourth-order valence-corrected chi connectivity index (χ4v) is 4.35. The summed E-state index contributed by atoms with van der Waals surface area (Å²) < 4.78 is 6.74. The first-order valence-electron chi connectivity index (χ1n) is 9.87. The van der Waals surface area contributed by atoms with E-state index in [2.05, 4.69) is 9.97 Å². The average molecular weight is 439 g/mol. The Morgan fingerprint density at radius 3 is 2.58 bits per heavy atom. The summed E-state index contributed by atoms with van der Waals surface area (Å²) in [5, 5.41) is 0.588. The summed E-state index contributed by atoms with van der Waals surface area (Å²) >= 11 is 1.21. The van der Waals surface area contributed by atoms with E-state index in [1.807, 2.05) is 34.9 Å². The van der Waals surface area contributed by atoms with Crippen LogP contribution >= 0.6 is 11.8 Å². The number of hydrogen-bond donors (Lipinski definition) is 0. The first-order chi connectivity index (χ1) is 14.9. The lowest BCUT2D eigenvalue weighted by atomic mass is 10.1. The average Bonchev–Trinajstić information content (AvgIpc) is 3.61. The Labute approximate surface area is 183 Å². The first kappa shape index (κ1) is 21.0. The fraction of sp³-hybridized carbons (Fsp3) is 0.318. The third-order valence-electron chi connectivity index (χ3n) is 5.13. The molecule has 4 rings (SSSR count). The molecule has 0 spiro atoms. The number of fused-ring (bicyclic) bond motifs is 1. The number of ether oxygens (including phenoxy) is 1. The number of aryl methyl sites for hydroxylation is 1. The molecule has 2 heterocycles. The molecule has 0 N–H and O–H groups in total. The summed E-state index contributed by atoms with van der Waals surface area (Å²) in [6, 6.07) is 11.0. The zero-order chi connectivity index (χ0) is 22.1. The van der Waals surface area contributed by atoms with E-state index in [-0.39, 0.29) is 28.7 Å². The maximum Gasteiger partial charge on any atom is 0.338 e. The van der Waals surface area contributed by atoms with Crippen LogP contribution in [0.2, 0.25) is 0 Å². The minimum Gasteiger partial charge on any atom is -0.465 e. The zero-order valence-electron chi connectivity index (χ0n) is 17.5. The maximum absolute atomic E-state index is 12.9. The number of benzene rings is 1. The van der Waals surface area contributed by atoms with Crippen molar-refractivity contribution in [3.05, 3.63) is 58.0 Å². The van der Waals surface area contributed by atoms with E-state index in [0.717, 1.165) is 18.5 Å². The molecule has 1 aliphatic rings. The van der Waals surface area contributed by atoms with Crippen molar-refractivity contribution in [3.8, 4) is 0 Å². The second kappa shape index (κ2) is 8.50. The predicted octanol–water partition coefficient (Wildman–Crippen LogP) is 2.98. The van der Waals surface area contributed by atoms with Crippen molar-refractivity contribution < 1.29 is 14.3 Å². The van der Waals surface area contributed by atoms with Gasteiger partial charge in [0.15, 0.2) is 5.16 Å². The molecule has 3 aromatic rings. The number of rotatable bonds is 6. The molecule has 1 aromatic carbocycles. The highest BCUT2D eigenvalue weighted by Crippen LogP contribution is 2.39. The number of hydrogen-bond acceptors (Lipinski definition) is 7. The zero-order valence-corrected chi connectivity index (χ0v) is 18.3. The number of carbonyl (C=O) groups is 2. The number of esters is 1. The molecule has 1 fully saturated rings. The van der Waals surface area contributed by atoms with Gasteiger partial charge in [0.25, 0.3) is 5.56 Å². The molecular weight excluding hydrogens is 416 g/mol. The lowest BCUT2D eigenvalue weighted by Gasteiger charge is -2.18. The molecule has 0 bridgehead atoms. The standard InChI is InChI=1S/C22H22N4O4S/c1-13-11-16(21(29)30-3)18-19(23-13)26(15-9-10-15)22(24-20(18)28)31-12-17(27)25(2)14-7-5-4-6-8-14/h4-8,11,15H,9-10,12H2,1-3H3. The first-order valence-corrected chi connectivity index (χ1v) is 10.9. The van der Waals surface area contributed by atoms with Crippen LogP contribution in [0, 0.1) is 6.92 Å². The Hall–Kier alpha value is -3.20. The number of thioether (sulfide) groups is 1. The monoisotopic (exact) mass is 438 g/mol. The molecule has 0 atom stereocenters. The van der Waals surface area contributed by atoms with Crippen molar-refractivity contribution in [3.63, 3.8) is 0 Å². The Morgan fingerprint density at radius 2 is 1.94 bits per heavy atom. The minimum atomic E-state index is -0.600. The lowest BCUT2D eigenvalue weighted by molar-refractivity contribution is -0.115. The Morgan fingerprint density at radius 1 is 1.23 bits per heavy atom. The van der Waals surface area contributed by atoms with Gasteiger partial charge in [-0.15, -0.1) is 0 Å². The highest BCUT2D eigenvalue weighted by atomic mass is 32.2. The van der Waals surface area contributed by atoms with Crippen molar-refractivity contribution in [2.24, 2.45) is 0 Å². The van der Waals surface area contributed by atoms with E-state index in [0.29, 0.717) is 16.5 Å². The number of nitrogens with zero attached hydrogens (tertiary/aromatic N) is 4. The summed E-state index contributed by atoms with van der Waals surface area (Å²) in [5.74, 6) is -0.594. The van der Waals surface area contributed by atoms with E-state index < -0.39 is 11.5 Å². The van der Waals surface area contributed by atoms with E-state index in [4.69, 9.17) is 4.74 Å². The normalized spacial score (nSPS) is 13.3. The maximum atomic E-state index is 12.9. The molecule has 1 amide bonds. The number of para-hydroxylation sites is 1. The summed E-state index contributed by atoms with van der Waals surface area (Å²) in [6.45, 7) is 1.76. The van der Waals surface area contributed by atoms with Crippen LogP contribution in [0.4, 0.5) is 5.69 Å². The van der Waals surface area contributed by atoms with Gasteiger partial charge >= 0.3 is 5.97 Å². The number of anilines is 1. The van der Waals surface area contributed by atoms with E-state index in [1.54, 1.807) is 24.9 Å². The Kier molecular flexibility index (Phi) is 5.77. The van der Waals surface area contributed by atoms with Crippen molar-refractivity contribution in [2.45, 2.75) is 31.0 Å². The van der Waals surface area contributed by atoms with Crippen LogP contribution in [0.3, 0.4) is 0 Å². The summed E-state index contributed by atoms with van der Waals surface area (Å²) in [6.07, 6.45) is 1.85. The molecule has 1 aliphatic carbocycles. The summed E-state index contributed by atoms with van der Waals surface area (Å²) in [5.41, 5.74) is 1.41. The number of aromatic nitrogens is 3. The third kappa shape index (κ3) is 4.18. The summed E-state index contributed by atoms with van der Waals surface area (Å²) in [7, 11) is 2.99. The highest BCUT2D eigenvalue weighted by molar-refractivity contribution is 7.99. The van der Waals surface area contributed by atoms with E-state index in [9.17, 15) is 14.4 Å². The molecule has 2 aromatic heterocycles. The minimum absolute atomic E-state index is 0.111. The quantitative estimate of drug-likeness (QED) is 0.332. The van der Waals surface area contributed by atoms with Crippen LogP contribution in [0.15, 0.2) is 46.3 Å². The van der Waals surface area contributed by atoms with Crippen LogP contribution < -0.4 is 10.5 Å². The van der Waals surface area contributed by atoms with Crippen molar-refractivity contribution >= 4 is 40.4 Å². The number of methoxy groups -OCH3 is 1. The number of amides is 1. The molecule has 0 unspecified atom stereocenters. The van der Waals surface area contributed by atoms with Gasteiger partial charge in [0.1, 0.15) is 5.65 Å². The van der Waals surface area contributed by atoms with Gasteiger partial charge in [0.2, 0.25) is 5.91 Å². The van der Waals surface area contributed by atoms with Gasteiger partial charge in [0, 0.05) is 24.5 Å². The molecule has 9 heteroatoms. The van der Waals surface area contributed by atoms with Gasteiger partial charge in [-0.2, -0.15) is 4.98 Å². The van der Waals surface area contributed by atoms with E-state index >= 15 is 0 Å². The summed E-state index contributed by atoms with van der Waals surface area (Å²) in [4.78, 5) is 48.2. The largest absolute Gasteiger partial charge is 0.465 e. The van der Waals surface area contributed by atoms with Gasteiger partial charge in [-0.25, -0.2) is 9.78 Å². The number of carbonyl (C=O) groups excluding carboxylic acids is 2. The molecule has 160 valence electrons.